The summed E-state index contributed by atoms with van der Waals surface area (Å²) in [5, 5.41) is 8.66. The first kappa shape index (κ1) is 24.1. The van der Waals surface area contributed by atoms with Gasteiger partial charge >= 0.3 is 18.3 Å². The highest BCUT2D eigenvalue weighted by molar-refractivity contribution is 5.94. The molecule has 0 aliphatic heterocycles. The molecule has 0 saturated heterocycles. The molecular formula is C18H30N4O7. The molecule has 1 aromatic heterocycles. The minimum atomic E-state index is -1.06. The molecule has 0 radical (unpaired) electrons. The summed E-state index contributed by atoms with van der Waals surface area (Å²) in [7, 11) is 0. The number of amides is 2. The van der Waals surface area contributed by atoms with Crippen LogP contribution in [0.5, 0.6) is 0 Å². The average molecular weight is 414 g/mol. The van der Waals surface area contributed by atoms with Gasteiger partial charge in [-0.15, -0.1) is 5.10 Å². The average Bonchev–Trinajstić information content (AvgIpc) is 2.74. The first-order valence-corrected chi connectivity index (χ1v) is 8.94. The van der Waals surface area contributed by atoms with Crippen LogP contribution in [0.2, 0.25) is 0 Å². The van der Waals surface area contributed by atoms with E-state index in [9.17, 15) is 14.4 Å². The molecular weight excluding hydrogens is 384 g/mol. The summed E-state index contributed by atoms with van der Waals surface area (Å²) < 4.78 is 15.4. The van der Waals surface area contributed by atoms with Crippen molar-refractivity contribution >= 4 is 29.8 Å². The van der Waals surface area contributed by atoms with Crippen molar-refractivity contribution in [3.63, 3.8) is 0 Å². The highest BCUT2D eigenvalue weighted by atomic mass is 16.8. The van der Waals surface area contributed by atoms with Gasteiger partial charge in [0.1, 0.15) is 22.5 Å². The molecule has 0 spiro atoms. The summed E-state index contributed by atoms with van der Waals surface area (Å²) in [5.74, 6) is -0.157. The van der Waals surface area contributed by atoms with E-state index in [-0.39, 0.29) is 11.5 Å². The number of hydrogen-bond acceptors (Lipinski definition) is 8. The Morgan fingerprint density at radius 1 is 0.793 bits per heavy atom. The smallest absolute Gasteiger partial charge is 0.444 e. The molecule has 0 aliphatic carbocycles. The number of nitrogens with zero attached hydrogens (tertiary/aromatic N) is 2. The largest absolute Gasteiger partial charge is 0.535 e. The van der Waals surface area contributed by atoms with E-state index in [4.69, 9.17) is 19.0 Å². The molecule has 1 rings (SSSR count). The van der Waals surface area contributed by atoms with Crippen LogP contribution in [-0.4, -0.2) is 45.1 Å². The molecule has 0 bridgehead atoms. The Hall–Kier alpha value is -2.98. The van der Waals surface area contributed by atoms with Crippen molar-refractivity contribution in [2.24, 2.45) is 0 Å². The number of carbonyl (C=O) groups excluding carboxylic acids is 3. The lowest BCUT2D eigenvalue weighted by molar-refractivity contribution is -0.0162. The van der Waals surface area contributed by atoms with E-state index in [2.05, 4.69) is 15.7 Å². The normalized spacial score (nSPS) is 12.0. The number of hydrogen-bond donors (Lipinski definition) is 2. The third-order valence-corrected chi connectivity index (χ3v) is 2.54. The summed E-state index contributed by atoms with van der Waals surface area (Å²) in [5.41, 5.74) is -2.31. The molecule has 2 N–H and O–H groups in total. The molecule has 11 nitrogen and oxygen atoms in total. The van der Waals surface area contributed by atoms with Crippen molar-refractivity contribution in [3.8, 4) is 0 Å². The summed E-state index contributed by atoms with van der Waals surface area (Å²) in [6.07, 6.45) is -1.53. The Morgan fingerprint density at radius 2 is 1.24 bits per heavy atom. The number of ether oxygens (including phenoxy) is 3. The molecule has 11 heteroatoms. The zero-order valence-electron chi connectivity index (χ0n) is 18.3. The zero-order valence-corrected chi connectivity index (χ0v) is 18.3. The monoisotopic (exact) mass is 414 g/mol. The maximum Gasteiger partial charge on any atom is 0.535 e. The number of carbonyl (C=O) groups is 3. The predicted molar refractivity (Wildman–Crippen MR) is 105 cm³/mol. The summed E-state index contributed by atoms with van der Waals surface area (Å²) in [4.78, 5) is 41.9. The van der Waals surface area contributed by atoms with Crippen LogP contribution < -0.4 is 15.5 Å². The molecule has 1 aromatic rings. The van der Waals surface area contributed by atoms with Gasteiger partial charge in [0.2, 0.25) is 0 Å². The lowest BCUT2D eigenvalue weighted by Crippen LogP contribution is -2.33. The molecule has 0 aromatic carbocycles. The van der Waals surface area contributed by atoms with E-state index in [0.717, 1.165) is 0 Å². The summed E-state index contributed by atoms with van der Waals surface area (Å²) in [6.45, 7) is 15.1. The van der Waals surface area contributed by atoms with Crippen LogP contribution in [0.3, 0.4) is 0 Å². The van der Waals surface area contributed by atoms with E-state index in [1.807, 2.05) is 0 Å². The van der Waals surface area contributed by atoms with Crippen LogP contribution in [0.25, 0.3) is 0 Å². The lowest BCUT2D eigenvalue weighted by atomic mass is 10.2. The SMILES string of the molecule is CC(C)(C)OC(=O)Nc1cnn(OC(=O)OC(C)(C)C)c1NC(=O)OC(C)(C)C. The van der Waals surface area contributed by atoms with Gasteiger partial charge in [-0.1, -0.05) is 4.85 Å². The van der Waals surface area contributed by atoms with Crippen LogP contribution in [0, 0.1) is 0 Å². The van der Waals surface area contributed by atoms with Crippen molar-refractivity contribution < 1.29 is 33.4 Å². The number of aromatic nitrogens is 2. The third kappa shape index (κ3) is 9.67. The second kappa shape index (κ2) is 8.58. The molecule has 0 atom stereocenters. The topological polar surface area (TPSA) is 130 Å². The van der Waals surface area contributed by atoms with Gasteiger partial charge in [0.15, 0.2) is 5.82 Å². The number of anilines is 2. The Bertz CT molecular complexity index is 704. The van der Waals surface area contributed by atoms with Gasteiger partial charge in [-0.25, -0.2) is 14.4 Å². The Kier molecular flexibility index (Phi) is 7.12. The second-order valence-corrected chi connectivity index (χ2v) is 9.09. The van der Waals surface area contributed by atoms with Gasteiger partial charge in [-0.3, -0.25) is 15.5 Å². The van der Waals surface area contributed by atoms with Crippen molar-refractivity contribution in [1.29, 1.82) is 0 Å². The molecule has 2 amide bonds. The summed E-state index contributed by atoms with van der Waals surface area (Å²) >= 11 is 0. The third-order valence-electron chi connectivity index (χ3n) is 2.54. The van der Waals surface area contributed by atoms with Crippen molar-refractivity contribution in [3.05, 3.63) is 6.20 Å². The van der Waals surface area contributed by atoms with Gasteiger partial charge < -0.3 is 14.2 Å². The van der Waals surface area contributed by atoms with E-state index < -0.39 is 35.1 Å². The van der Waals surface area contributed by atoms with Crippen LogP contribution in [0.1, 0.15) is 62.3 Å². The molecule has 0 unspecified atom stereocenters. The summed E-state index contributed by atoms with van der Waals surface area (Å²) in [6, 6.07) is 0. The fraction of sp³-hybridized carbons (Fsp3) is 0.667. The maximum absolute atomic E-state index is 12.2. The minimum absolute atomic E-state index is 0.0219. The van der Waals surface area contributed by atoms with Crippen LogP contribution >= 0.6 is 0 Å². The minimum Gasteiger partial charge on any atom is -0.444 e. The van der Waals surface area contributed by atoms with Gasteiger partial charge in [-0.2, -0.15) is 0 Å². The first-order chi connectivity index (χ1) is 13.0. The van der Waals surface area contributed by atoms with E-state index >= 15 is 0 Å². The molecule has 164 valence electrons. The molecule has 0 fully saturated rings. The standard InChI is InChI=1S/C18H30N4O7/c1-16(2,3)26-13(23)20-11-10-19-22(29-15(25)28-18(7,8)9)12(11)21-14(24)27-17(4,5)6/h10H,1-9H3,(H,20,23)(H,21,24). The Balaban J connectivity index is 3.09. The van der Waals surface area contributed by atoms with E-state index in [0.29, 0.717) is 4.85 Å². The van der Waals surface area contributed by atoms with Crippen LogP contribution in [0.4, 0.5) is 25.9 Å². The van der Waals surface area contributed by atoms with Gasteiger partial charge in [0.05, 0.1) is 6.20 Å². The predicted octanol–water partition coefficient (Wildman–Crippen LogP) is 3.94. The first-order valence-electron chi connectivity index (χ1n) is 8.94. The second-order valence-electron chi connectivity index (χ2n) is 9.09. The van der Waals surface area contributed by atoms with Gasteiger partial charge in [0.25, 0.3) is 0 Å². The van der Waals surface area contributed by atoms with Crippen molar-refractivity contribution in [2.45, 2.75) is 79.1 Å². The fourth-order valence-electron chi connectivity index (χ4n) is 1.76. The zero-order chi connectivity index (χ0) is 22.6. The van der Waals surface area contributed by atoms with E-state index in [1.165, 1.54) is 6.20 Å². The van der Waals surface area contributed by atoms with Gasteiger partial charge in [-0.05, 0) is 62.3 Å². The number of rotatable bonds is 3. The highest BCUT2D eigenvalue weighted by Gasteiger charge is 2.26. The van der Waals surface area contributed by atoms with Crippen LogP contribution in [0.15, 0.2) is 6.20 Å². The molecule has 0 saturated carbocycles. The Labute approximate surface area is 170 Å². The Morgan fingerprint density at radius 3 is 1.69 bits per heavy atom. The maximum atomic E-state index is 12.2. The number of nitrogens with one attached hydrogen (secondary N) is 2. The fourth-order valence-corrected chi connectivity index (χ4v) is 1.76. The van der Waals surface area contributed by atoms with Crippen LogP contribution in [-0.2, 0) is 14.2 Å². The molecule has 29 heavy (non-hydrogen) atoms. The van der Waals surface area contributed by atoms with Crippen molar-refractivity contribution in [2.75, 3.05) is 10.6 Å². The van der Waals surface area contributed by atoms with Crippen molar-refractivity contribution in [1.82, 2.24) is 9.94 Å². The lowest BCUT2D eigenvalue weighted by Gasteiger charge is -2.21. The molecule has 1 heterocycles. The van der Waals surface area contributed by atoms with Gasteiger partial charge in [0, 0.05) is 0 Å². The molecule has 0 aliphatic rings. The quantitative estimate of drug-likeness (QED) is 0.562. The van der Waals surface area contributed by atoms with E-state index in [1.54, 1.807) is 62.3 Å². The highest BCUT2D eigenvalue weighted by Crippen LogP contribution is 2.23.